The van der Waals surface area contributed by atoms with Gasteiger partial charge < -0.3 is 15.2 Å². The van der Waals surface area contributed by atoms with Gasteiger partial charge in [0.15, 0.2) is 0 Å². The number of aryl methyl sites for hydroxylation is 1. The van der Waals surface area contributed by atoms with Gasteiger partial charge in [0.25, 0.3) is 0 Å². The number of carboxylic acids is 1. The van der Waals surface area contributed by atoms with Gasteiger partial charge in [-0.1, -0.05) is 72.8 Å². The zero-order chi connectivity index (χ0) is 21.6. The monoisotopic (exact) mass is 415 g/mol. The van der Waals surface area contributed by atoms with Gasteiger partial charge in [0, 0.05) is 12.5 Å². The minimum absolute atomic E-state index is 0.0314. The van der Waals surface area contributed by atoms with Gasteiger partial charge in [0.1, 0.15) is 6.61 Å². The highest BCUT2D eigenvalue weighted by molar-refractivity contribution is 5.79. The highest BCUT2D eigenvalue weighted by atomic mass is 16.5. The molecule has 0 aliphatic heterocycles. The number of carbonyl (C=O) groups excluding carboxylic acids is 1. The minimum atomic E-state index is -0.833. The third-order valence-corrected chi connectivity index (χ3v) is 5.63. The van der Waals surface area contributed by atoms with Crippen molar-refractivity contribution in [2.45, 2.75) is 25.2 Å². The van der Waals surface area contributed by atoms with Crippen molar-refractivity contribution in [2.75, 3.05) is 13.2 Å². The molecule has 0 fully saturated rings. The molecular formula is C26H25NO4. The Bertz CT molecular complexity index is 1030. The molecule has 0 spiro atoms. The van der Waals surface area contributed by atoms with Crippen LogP contribution in [0.5, 0.6) is 0 Å². The van der Waals surface area contributed by atoms with Gasteiger partial charge in [-0.25, -0.2) is 4.79 Å². The number of hydrogen-bond donors (Lipinski definition) is 2. The lowest BCUT2D eigenvalue weighted by molar-refractivity contribution is -0.136. The summed E-state index contributed by atoms with van der Waals surface area (Å²) in [5.41, 5.74) is 6.71. The van der Waals surface area contributed by atoms with Crippen molar-refractivity contribution >= 4 is 12.1 Å². The molecule has 31 heavy (non-hydrogen) atoms. The Balaban J connectivity index is 1.24. The van der Waals surface area contributed by atoms with Crippen LogP contribution in [0.1, 0.15) is 34.6 Å². The maximum Gasteiger partial charge on any atom is 0.407 e. The summed E-state index contributed by atoms with van der Waals surface area (Å²) >= 11 is 0. The van der Waals surface area contributed by atoms with E-state index in [9.17, 15) is 9.59 Å². The minimum Gasteiger partial charge on any atom is -0.481 e. The molecule has 0 heterocycles. The molecule has 0 atom stereocenters. The summed E-state index contributed by atoms with van der Waals surface area (Å²) in [5.74, 6) is -0.775. The Morgan fingerprint density at radius 2 is 1.42 bits per heavy atom. The van der Waals surface area contributed by atoms with Gasteiger partial charge in [0.05, 0.1) is 6.42 Å². The maximum atomic E-state index is 12.2. The number of carbonyl (C=O) groups is 2. The summed E-state index contributed by atoms with van der Waals surface area (Å²) in [6.45, 7) is 0.832. The van der Waals surface area contributed by atoms with Gasteiger partial charge >= 0.3 is 12.1 Å². The number of amides is 1. The first kappa shape index (κ1) is 20.7. The van der Waals surface area contributed by atoms with E-state index in [1.807, 2.05) is 48.5 Å². The molecule has 0 saturated heterocycles. The molecule has 0 unspecified atom stereocenters. The fourth-order valence-corrected chi connectivity index (χ4v) is 4.13. The number of carboxylic acid groups (broad SMARTS) is 1. The molecule has 0 radical (unpaired) electrons. The quantitative estimate of drug-likeness (QED) is 0.519. The van der Waals surface area contributed by atoms with E-state index in [0.717, 1.165) is 24.0 Å². The number of fused-ring (bicyclic) bond motifs is 3. The molecule has 2 N–H and O–H groups in total. The van der Waals surface area contributed by atoms with Crippen LogP contribution in [-0.4, -0.2) is 30.3 Å². The lowest BCUT2D eigenvalue weighted by Crippen LogP contribution is -2.27. The summed E-state index contributed by atoms with van der Waals surface area (Å²) in [6.07, 6.45) is 1.21. The molecule has 3 aromatic rings. The summed E-state index contributed by atoms with van der Waals surface area (Å²) in [7, 11) is 0. The molecule has 0 saturated carbocycles. The molecule has 0 aromatic heterocycles. The van der Waals surface area contributed by atoms with Crippen molar-refractivity contribution in [3.63, 3.8) is 0 Å². The molecule has 1 amide bonds. The predicted octanol–water partition coefficient (Wildman–Crippen LogP) is 4.79. The zero-order valence-electron chi connectivity index (χ0n) is 17.2. The van der Waals surface area contributed by atoms with Crippen LogP contribution in [-0.2, 0) is 22.4 Å². The van der Waals surface area contributed by atoms with Gasteiger partial charge in [-0.2, -0.15) is 0 Å². The van der Waals surface area contributed by atoms with E-state index < -0.39 is 12.1 Å². The maximum absolute atomic E-state index is 12.2. The first-order valence-corrected chi connectivity index (χ1v) is 10.5. The fraction of sp³-hybridized carbons (Fsp3) is 0.231. The third kappa shape index (κ3) is 4.94. The van der Waals surface area contributed by atoms with Crippen molar-refractivity contribution in [2.24, 2.45) is 0 Å². The lowest BCUT2D eigenvalue weighted by atomic mass is 9.98. The smallest absolute Gasteiger partial charge is 0.407 e. The van der Waals surface area contributed by atoms with Crippen LogP contribution in [0.4, 0.5) is 4.79 Å². The van der Waals surface area contributed by atoms with Crippen molar-refractivity contribution in [3.05, 3.63) is 95.1 Å². The molecule has 4 rings (SSSR count). The van der Waals surface area contributed by atoms with Crippen molar-refractivity contribution in [1.29, 1.82) is 0 Å². The molecule has 1 aliphatic rings. The van der Waals surface area contributed by atoms with Gasteiger partial charge in [-0.15, -0.1) is 0 Å². The van der Waals surface area contributed by atoms with Crippen LogP contribution in [0, 0.1) is 0 Å². The predicted molar refractivity (Wildman–Crippen MR) is 119 cm³/mol. The first-order chi connectivity index (χ1) is 15.1. The number of rotatable bonds is 8. The van der Waals surface area contributed by atoms with Crippen molar-refractivity contribution in [3.8, 4) is 11.1 Å². The highest BCUT2D eigenvalue weighted by Crippen LogP contribution is 2.44. The number of aliphatic carboxylic acids is 1. The van der Waals surface area contributed by atoms with Crippen LogP contribution >= 0.6 is 0 Å². The summed E-state index contributed by atoms with van der Waals surface area (Å²) in [5, 5.41) is 11.6. The SMILES string of the molecule is O=C(O)Cc1ccc(CCCNC(=O)OCC2c3ccccc3-c3ccccc32)cc1. The standard InChI is InChI=1S/C26H25NO4/c28-25(29)16-19-13-11-18(12-14-19)6-5-15-27-26(30)31-17-24-22-9-3-1-7-20(22)21-8-2-4-10-23(21)24/h1-4,7-14,24H,5-6,15-17H2,(H,27,30)(H,28,29). The molecule has 158 valence electrons. The van der Waals surface area contributed by atoms with E-state index in [4.69, 9.17) is 9.84 Å². The molecule has 1 aliphatic carbocycles. The molecule has 3 aromatic carbocycles. The average molecular weight is 415 g/mol. The van der Waals surface area contributed by atoms with Crippen LogP contribution in [0.2, 0.25) is 0 Å². The average Bonchev–Trinajstić information content (AvgIpc) is 3.10. The number of benzene rings is 3. The summed E-state index contributed by atoms with van der Waals surface area (Å²) in [6, 6.07) is 24.1. The van der Waals surface area contributed by atoms with Gasteiger partial charge in [-0.05, 0) is 46.2 Å². The lowest BCUT2D eigenvalue weighted by Gasteiger charge is -2.14. The number of ether oxygens (including phenoxy) is 1. The number of hydrogen-bond acceptors (Lipinski definition) is 3. The second-order valence-corrected chi connectivity index (χ2v) is 7.74. The van der Waals surface area contributed by atoms with E-state index in [-0.39, 0.29) is 12.3 Å². The molecular weight excluding hydrogens is 390 g/mol. The second kappa shape index (κ2) is 9.47. The van der Waals surface area contributed by atoms with Crippen LogP contribution in [0.3, 0.4) is 0 Å². The Morgan fingerprint density at radius 1 is 0.839 bits per heavy atom. The second-order valence-electron chi connectivity index (χ2n) is 7.74. The third-order valence-electron chi connectivity index (χ3n) is 5.63. The van der Waals surface area contributed by atoms with E-state index >= 15 is 0 Å². The molecule has 5 nitrogen and oxygen atoms in total. The number of nitrogens with one attached hydrogen (secondary N) is 1. The number of alkyl carbamates (subject to hydrolysis) is 1. The largest absolute Gasteiger partial charge is 0.481 e. The Kier molecular flexibility index (Phi) is 6.32. The van der Waals surface area contributed by atoms with E-state index in [1.165, 1.54) is 22.3 Å². The van der Waals surface area contributed by atoms with E-state index in [0.29, 0.717) is 13.2 Å². The first-order valence-electron chi connectivity index (χ1n) is 10.5. The molecule has 0 bridgehead atoms. The van der Waals surface area contributed by atoms with Crippen LogP contribution < -0.4 is 5.32 Å². The van der Waals surface area contributed by atoms with E-state index in [2.05, 4.69) is 29.6 Å². The Labute approximate surface area is 181 Å². The van der Waals surface area contributed by atoms with Crippen molar-refractivity contribution in [1.82, 2.24) is 5.32 Å². The highest BCUT2D eigenvalue weighted by Gasteiger charge is 2.28. The van der Waals surface area contributed by atoms with E-state index in [1.54, 1.807) is 0 Å². The van der Waals surface area contributed by atoms with Gasteiger partial charge in [-0.3, -0.25) is 4.79 Å². The van der Waals surface area contributed by atoms with Crippen LogP contribution in [0.15, 0.2) is 72.8 Å². The normalized spacial score (nSPS) is 12.1. The summed E-state index contributed by atoms with van der Waals surface area (Å²) in [4.78, 5) is 22.9. The van der Waals surface area contributed by atoms with Gasteiger partial charge in [0.2, 0.25) is 0 Å². The molecule has 5 heteroatoms. The topological polar surface area (TPSA) is 75.6 Å². The van der Waals surface area contributed by atoms with Crippen LogP contribution in [0.25, 0.3) is 11.1 Å². The Hall–Kier alpha value is -3.60. The Morgan fingerprint density at radius 3 is 2.03 bits per heavy atom. The zero-order valence-corrected chi connectivity index (χ0v) is 17.2. The van der Waals surface area contributed by atoms with Crippen molar-refractivity contribution < 1.29 is 19.4 Å². The fourth-order valence-electron chi connectivity index (χ4n) is 4.13. The summed E-state index contributed by atoms with van der Waals surface area (Å²) < 4.78 is 5.54.